The number of para-hydroxylation sites is 1. The number of carbonyl (C=O) groups excluding carboxylic acids is 2. The van der Waals surface area contributed by atoms with E-state index in [9.17, 15) is 9.59 Å². The molecule has 1 aliphatic heterocycles. The van der Waals surface area contributed by atoms with Crippen LogP contribution in [0.4, 0.5) is 5.69 Å². The lowest BCUT2D eigenvalue weighted by molar-refractivity contribution is 0.0858. The van der Waals surface area contributed by atoms with Gasteiger partial charge in [-0.15, -0.1) is 11.8 Å². The maximum Gasteiger partial charge on any atom is 0.256 e. The van der Waals surface area contributed by atoms with Crippen LogP contribution in [0.2, 0.25) is 0 Å². The highest BCUT2D eigenvalue weighted by Gasteiger charge is 2.19. The molecular weight excluding hydrogens is 348 g/mol. The fourth-order valence-electron chi connectivity index (χ4n) is 2.92. The van der Waals surface area contributed by atoms with Gasteiger partial charge < -0.3 is 15.4 Å². The van der Waals surface area contributed by atoms with E-state index < -0.39 is 0 Å². The Labute approximate surface area is 157 Å². The van der Waals surface area contributed by atoms with Gasteiger partial charge in [0.1, 0.15) is 0 Å². The second-order valence-corrected chi connectivity index (χ2v) is 6.89. The maximum atomic E-state index is 12.7. The second-order valence-electron chi connectivity index (χ2n) is 6.05. The summed E-state index contributed by atoms with van der Waals surface area (Å²) in [6.45, 7) is 1.23. The number of nitrogens with one attached hydrogen (secondary N) is 2. The van der Waals surface area contributed by atoms with Crippen LogP contribution in [0.3, 0.4) is 0 Å². The molecule has 1 heterocycles. The minimum atomic E-state index is -0.227. The Morgan fingerprint density at radius 3 is 2.54 bits per heavy atom. The first-order valence-corrected chi connectivity index (χ1v) is 9.84. The summed E-state index contributed by atoms with van der Waals surface area (Å²) < 4.78 is 5.53. The minimum Gasteiger partial charge on any atom is -0.376 e. The molecule has 6 heteroatoms. The average molecular weight is 370 g/mol. The standard InChI is InChI=1S/C20H22N2O3S/c1-26-18-11-5-3-9-16(18)20(24)22-17-10-4-2-8-15(17)19(23)21-13-14-7-6-12-25-14/h2-5,8-11,14H,6-7,12-13H2,1H3,(H,21,23)(H,22,24)/t14-/m0/s1. The maximum absolute atomic E-state index is 12.7. The van der Waals surface area contributed by atoms with Crippen molar-refractivity contribution in [3.8, 4) is 0 Å². The lowest BCUT2D eigenvalue weighted by Gasteiger charge is -2.14. The zero-order valence-corrected chi connectivity index (χ0v) is 15.5. The molecule has 2 aromatic carbocycles. The van der Waals surface area contributed by atoms with Crippen LogP contribution < -0.4 is 10.6 Å². The predicted molar refractivity (Wildman–Crippen MR) is 104 cm³/mol. The van der Waals surface area contributed by atoms with E-state index in [2.05, 4.69) is 10.6 Å². The molecule has 2 aromatic rings. The molecule has 2 amide bonds. The van der Waals surface area contributed by atoms with Gasteiger partial charge >= 0.3 is 0 Å². The molecule has 0 saturated carbocycles. The Morgan fingerprint density at radius 1 is 1.08 bits per heavy atom. The van der Waals surface area contributed by atoms with Gasteiger partial charge in [0.25, 0.3) is 11.8 Å². The number of ether oxygens (including phenoxy) is 1. The van der Waals surface area contributed by atoms with Gasteiger partial charge in [0, 0.05) is 18.0 Å². The molecule has 3 rings (SSSR count). The fraction of sp³-hybridized carbons (Fsp3) is 0.300. The normalized spacial score (nSPS) is 16.3. The summed E-state index contributed by atoms with van der Waals surface area (Å²) >= 11 is 1.51. The van der Waals surface area contributed by atoms with Crippen molar-refractivity contribution in [2.24, 2.45) is 0 Å². The van der Waals surface area contributed by atoms with E-state index in [0.717, 1.165) is 24.3 Å². The highest BCUT2D eigenvalue weighted by molar-refractivity contribution is 7.98. The van der Waals surface area contributed by atoms with Crippen LogP contribution in [0.15, 0.2) is 53.4 Å². The van der Waals surface area contributed by atoms with Crippen LogP contribution >= 0.6 is 11.8 Å². The molecule has 26 heavy (non-hydrogen) atoms. The number of rotatable bonds is 6. The molecule has 1 fully saturated rings. The van der Waals surface area contributed by atoms with Crippen LogP contribution in [0, 0.1) is 0 Å². The number of thioether (sulfide) groups is 1. The van der Waals surface area contributed by atoms with E-state index >= 15 is 0 Å². The van der Waals surface area contributed by atoms with E-state index in [1.807, 2.05) is 24.5 Å². The van der Waals surface area contributed by atoms with Crippen molar-refractivity contribution in [1.29, 1.82) is 0 Å². The number of benzene rings is 2. The van der Waals surface area contributed by atoms with E-state index in [4.69, 9.17) is 4.74 Å². The molecule has 2 N–H and O–H groups in total. The van der Waals surface area contributed by atoms with Crippen LogP contribution in [0.1, 0.15) is 33.6 Å². The number of hydrogen-bond donors (Lipinski definition) is 2. The molecule has 0 bridgehead atoms. The zero-order valence-electron chi connectivity index (χ0n) is 14.7. The van der Waals surface area contributed by atoms with Crippen molar-refractivity contribution in [3.05, 3.63) is 59.7 Å². The molecule has 5 nitrogen and oxygen atoms in total. The van der Waals surface area contributed by atoms with Crippen molar-refractivity contribution in [3.63, 3.8) is 0 Å². The second kappa shape index (κ2) is 8.87. The first-order valence-electron chi connectivity index (χ1n) is 8.62. The van der Waals surface area contributed by atoms with Crippen molar-refractivity contribution in [1.82, 2.24) is 5.32 Å². The summed E-state index contributed by atoms with van der Waals surface area (Å²) in [6, 6.07) is 14.4. The fourth-order valence-corrected chi connectivity index (χ4v) is 3.51. The molecule has 0 aromatic heterocycles. The van der Waals surface area contributed by atoms with Gasteiger partial charge in [0.05, 0.1) is 22.9 Å². The first-order chi connectivity index (χ1) is 12.7. The number of anilines is 1. The molecule has 1 atom stereocenters. The van der Waals surface area contributed by atoms with Gasteiger partial charge in [-0.25, -0.2) is 0 Å². The van der Waals surface area contributed by atoms with E-state index in [0.29, 0.717) is 23.4 Å². The third-order valence-corrected chi connectivity index (χ3v) is 5.08. The Kier molecular flexibility index (Phi) is 6.30. The highest BCUT2D eigenvalue weighted by Crippen LogP contribution is 2.22. The largest absolute Gasteiger partial charge is 0.376 e. The van der Waals surface area contributed by atoms with E-state index in [1.165, 1.54) is 11.8 Å². The topological polar surface area (TPSA) is 67.4 Å². The van der Waals surface area contributed by atoms with Gasteiger partial charge in [0.15, 0.2) is 0 Å². The van der Waals surface area contributed by atoms with Crippen LogP contribution in [0.5, 0.6) is 0 Å². The molecule has 136 valence electrons. The quantitative estimate of drug-likeness (QED) is 0.763. The van der Waals surface area contributed by atoms with Crippen molar-refractivity contribution >= 4 is 29.3 Å². The van der Waals surface area contributed by atoms with Crippen LogP contribution in [0.25, 0.3) is 0 Å². The minimum absolute atomic E-state index is 0.0779. The molecule has 0 spiro atoms. The van der Waals surface area contributed by atoms with Crippen molar-refractivity contribution in [2.75, 3.05) is 24.7 Å². The van der Waals surface area contributed by atoms with Crippen molar-refractivity contribution in [2.45, 2.75) is 23.8 Å². The van der Waals surface area contributed by atoms with Gasteiger partial charge in [0.2, 0.25) is 0 Å². The Hall–Kier alpha value is -2.31. The van der Waals surface area contributed by atoms with E-state index in [1.54, 1.807) is 30.3 Å². The average Bonchev–Trinajstić information content (AvgIpc) is 3.20. The molecule has 1 aliphatic rings. The molecular formula is C20H22N2O3S. The lowest BCUT2D eigenvalue weighted by atomic mass is 10.1. The summed E-state index contributed by atoms with van der Waals surface area (Å²) in [5.74, 6) is -0.441. The lowest BCUT2D eigenvalue weighted by Crippen LogP contribution is -2.32. The van der Waals surface area contributed by atoms with Crippen LogP contribution in [-0.4, -0.2) is 37.3 Å². The third-order valence-electron chi connectivity index (χ3n) is 4.29. The summed E-state index contributed by atoms with van der Waals surface area (Å²) in [4.78, 5) is 26.1. The summed E-state index contributed by atoms with van der Waals surface area (Å²) in [5.41, 5.74) is 1.54. The molecule has 0 unspecified atom stereocenters. The number of hydrogen-bond acceptors (Lipinski definition) is 4. The predicted octanol–water partition coefficient (Wildman–Crippen LogP) is 3.57. The molecule has 0 aliphatic carbocycles. The Morgan fingerprint density at radius 2 is 1.81 bits per heavy atom. The SMILES string of the molecule is CSc1ccccc1C(=O)Nc1ccccc1C(=O)NC[C@@H]1CCCO1. The first kappa shape index (κ1) is 18.5. The highest BCUT2D eigenvalue weighted by atomic mass is 32.2. The zero-order chi connectivity index (χ0) is 18.4. The Bertz CT molecular complexity index is 788. The van der Waals surface area contributed by atoms with Gasteiger partial charge in [-0.2, -0.15) is 0 Å². The number of carbonyl (C=O) groups is 2. The number of amides is 2. The van der Waals surface area contributed by atoms with Crippen LogP contribution in [-0.2, 0) is 4.74 Å². The monoisotopic (exact) mass is 370 g/mol. The molecule has 1 saturated heterocycles. The van der Waals surface area contributed by atoms with E-state index in [-0.39, 0.29) is 17.9 Å². The van der Waals surface area contributed by atoms with Gasteiger partial charge in [-0.1, -0.05) is 24.3 Å². The summed E-state index contributed by atoms with van der Waals surface area (Å²) in [7, 11) is 0. The summed E-state index contributed by atoms with van der Waals surface area (Å²) in [6.07, 6.45) is 4.00. The Balaban J connectivity index is 1.72. The molecule has 0 radical (unpaired) electrons. The van der Waals surface area contributed by atoms with Crippen molar-refractivity contribution < 1.29 is 14.3 Å². The third kappa shape index (κ3) is 4.45. The van der Waals surface area contributed by atoms with Gasteiger partial charge in [-0.05, 0) is 43.4 Å². The van der Waals surface area contributed by atoms with Gasteiger partial charge in [-0.3, -0.25) is 9.59 Å². The summed E-state index contributed by atoms with van der Waals surface area (Å²) in [5, 5.41) is 5.76. The smallest absolute Gasteiger partial charge is 0.256 e.